The van der Waals surface area contributed by atoms with E-state index in [2.05, 4.69) is 5.32 Å². The van der Waals surface area contributed by atoms with Crippen LogP contribution in [0.2, 0.25) is 0 Å². The first-order chi connectivity index (χ1) is 13.6. The highest BCUT2D eigenvalue weighted by molar-refractivity contribution is 7.92. The Kier molecular flexibility index (Phi) is 7.67. The van der Waals surface area contributed by atoms with Gasteiger partial charge in [0.05, 0.1) is 19.1 Å². The minimum Gasteiger partial charge on any atom is -0.497 e. The van der Waals surface area contributed by atoms with E-state index in [1.54, 1.807) is 31.4 Å². The molecule has 0 spiro atoms. The minimum absolute atomic E-state index is 0.0888. The molecule has 0 radical (unpaired) electrons. The summed E-state index contributed by atoms with van der Waals surface area (Å²) in [6.45, 7) is 4.20. The van der Waals surface area contributed by atoms with E-state index in [4.69, 9.17) is 4.74 Å². The third-order valence-corrected chi connectivity index (χ3v) is 5.69. The molecule has 0 saturated carbocycles. The van der Waals surface area contributed by atoms with E-state index >= 15 is 0 Å². The van der Waals surface area contributed by atoms with Crippen LogP contribution in [0.5, 0.6) is 5.75 Å². The van der Waals surface area contributed by atoms with Crippen molar-refractivity contribution < 1.29 is 17.9 Å². The maximum atomic E-state index is 12.4. The molecule has 7 heteroatoms. The number of amides is 1. The Labute approximate surface area is 173 Å². The fourth-order valence-corrected chi connectivity index (χ4v) is 4.17. The second-order valence-corrected chi connectivity index (χ2v) is 9.64. The largest absolute Gasteiger partial charge is 0.497 e. The lowest BCUT2D eigenvalue weighted by Gasteiger charge is -2.27. The maximum Gasteiger partial charge on any atom is 0.232 e. The SMILES string of the molecule is COc1ccc(N(CCCC(=O)NC(C)(C)Cc2ccccc2)S(C)(=O)=O)cc1. The number of nitrogens with zero attached hydrogens (tertiary/aromatic N) is 1. The molecular formula is C22H30N2O4S. The van der Waals surface area contributed by atoms with Gasteiger partial charge < -0.3 is 10.1 Å². The molecule has 1 amide bonds. The Morgan fingerprint density at radius 2 is 1.69 bits per heavy atom. The van der Waals surface area contributed by atoms with E-state index in [0.717, 1.165) is 12.0 Å². The molecule has 0 aliphatic carbocycles. The van der Waals surface area contributed by atoms with Crippen LogP contribution in [0.3, 0.4) is 0 Å². The summed E-state index contributed by atoms with van der Waals surface area (Å²) in [4.78, 5) is 12.4. The van der Waals surface area contributed by atoms with Crippen molar-refractivity contribution in [3.8, 4) is 5.75 Å². The zero-order valence-corrected chi connectivity index (χ0v) is 18.3. The fraction of sp³-hybridized carbons (Fsp3) is 0.409. The van der Waals surface area contributed by atoms with Gasteiger partial charge in [-0.05, 0) is 56.5 Å². The van der Waals surface area contributed by atoms with Crippen molar-refractivity contribution in [1.82, 2.24) is 5.32 Å². The molecule has 0 aromatic heterocycles. The summed E-state index contributed by atoms with van der Waals surface area (Å²) in [5.74, 6) is 0.566. The van der Waals surface area contributed by atoms with Crippen molar-refractivity contribution in [3.05, 3.63) is 60.2 Å². The summed E-state index contributed by atoms with van der Waals surface area (Å²) >= 11 is 0. The molecule has 0 heterocycles. The topological polar surface area (TPSA) is 75.7 Å². The number of benzene rings is 2. The lowest BCUT2D eigenvalue weighted by atomic mass is 9.94. The summed E-state index contributed by atoms with van der Waals surface area (Å²) in [5.41, 5.74) is 1.32. The number of nitrogens with one attached hydrogen (secondary N) is 1. The zero-order chi connectivity index (χ0) is 21.5. The van der Waals surface area contributed by atoms with Gasteiger partial charge in [0.25, 0.3) is 0 Å². The van der Waals surface area contributed by atoms with Gasteiger partial charge in [-0.2, -0.15) is 0 Å². The molecule has 0 unspecified atom stereocenters. The monoisotopic (exact) mass is 418 g/mol. The maximum absolute atomic E-state index is 12.4. The number of sulfonamides is 1. The summed E-state index contributed by atoms with van der Waals surface area (Å²) in [6, 6.07) is 16.8. The number of hydrogen-bond donors (Lipinski definition) is 1. The smallest absolute Gasteiger partial charge is 0.232 e. The van der Waals surface area contributed by atoms with Gasteiger partial charge in [-0.25, -0.2) is 8.42 Å². The second kappa shape index (κ2) is 9.78. The highest BCUT2D eigenvalue weighted by Gasteiger charge is 2.22. The Morgan fingerprint density at radius 3 is 2.24 bits per heavy atom. The van der Waals surface area contributed by atoms with Crippen molar-refractivity contribution in [2.45, 2.75) is 38.6 Å². The highest BCUT2D eigenvalue weighted by Crippen LogP contribution is 2.22. The van der Waals surface area contributed by atoms with Gasteiger partial charge in [0, 0.05) is 18.5 Å². The molecule has 0 bridgehead atoms. The normalized spacial score (nSPS) is 11.7. The van der Waals surface area contributed by atoms with Crippen LogP contribution in [0.25, 0.3) is 0 Å². The van der Waals surface area contributed by atoms with Gasteiger partial charge in [0.2, 0.25) is 15.9 Å². The molecule has 0 aliphatic rings. The van der Waals surface area contributed by atoms with Gasteiger partial charge in [-0.3, -0.25) is 9.10 Å². The average molecular weight is 419 g/mol. The molecule has 0 aliphatic heterocycles. The molecule has 0 saturated heterocycles. The van der Waals surface area contributed by atoms with Crippen LogP contribution < -0.4 is 14.4 Å². The van der Waals surface area contributed by atoms with Gasteiger partial charge in [0.1, 0.15) is 5.75 Å². The van der Waals surface area contributed by atoms with Gasteiger partial charge in [0.15, 0.2) is 0 Å². The highest BCUT2D eigenvalue weighted by atomic mass is 32.2. The van der Waals surface area contributed by atoms with E-state index in [-0.39, 0.29) is 24.4 Å². The molecular weight excluding hydrogens is 388 g/mol. The van der Waals surface area contributed by atoms with E-state index in [1.165, 1.54) is 10.6 Å². The lowest BCUT2D eigenvalue weighted by Crippen LogP contribution is -2.45. The minimum atomic E-state index is -3.45. The number of ether oxygens (including phenoxy) is 1. The molecule has 6 nitrogen and oxygen atoms in total. The first-order valence-corrected chi connectivity index (χ1v) is 11.4. The molecule has 0 atom stereocenters. The Morgan fingerprint density at radius 1 is 1.07 bits per heavy atom. The van der Waals surface area contributed by atoms with Crippen LogP contribution >= 0.6 is 0 Å². The first-order valence-electron chi connectivity index (χ1n) is 9.57. The summed E-state index contributed by atoms with van der Waals surface area (Å²) in [6.07, 6.45) is 2.56. The second-order valence-electron chi connectivity index (χ2n) is 7.73. The number of anilines is 1. The third-order valence-electron chi connectivity index (χ3n) is 4.49. The lowest BCUT2D eigenvalue weighted by molar-refractivity contribution is -0.122. The number of carbonyl (C=O) groups is 1. The summed E-state index contributed by atoms with van der Waals surface area (Å²) in [7, 11) is -1.89. The number of carbonyl (C=O) groups excluding carboxylic acids is 1. The van der Waals surface area contributed by atoms with Crippen LogP contribution in [-0.2, 0) is 21.2 Å². The Balaban J connectivity index is 1.92. The number of methoxy groups -OCH3 is 1. The molecule has 158 valence electrons. The third kappa shape index (κ3) is 7.42. The number of rotatable bonds is 10. The molecule has 1 N–H and O–H groups in total. The van der Waals surface area contributed by atoms with Crippen LogP contribution in [0.15, 0.2) is 54.6 Å². The van der Waals surface area contributed by atoms with Crippen molar-refractivity contribution in [3.63, 3.8) is 0 Å². The zero-order valence-electron chi connectivity index (χ0n) is 17.5. The van der Waals surface area contributed by atoms with Gasteiger partial charge in [-0.1, -0.05) is 30.3 Å². The van der Waals surface area contributed by atoms with Crippen molar-refractivity contribution >= 4 is 21.6 Å². The molecule has 2 aromatic carbocycles. The molecule has 0 fully saturated rings. The Hall–Kier alpha value is -2.54. The van der Waals surface area contributed by atoms with Gasteiger partial charge in [-0.15, -0.1) is 0 Å². The predicted octanol–water partition coefficient (Wildman–Crippen LogP) is 3.38. The van der Waals surface area contributed by atoms with Crippen LogP contribution in [-0.4, -0.2) is 39.8 Å². The van der Waals surface area contributed by atoms with Crippen molar-refractivity contribution in [1.29, 1.82) is 0 Å². The molecule has 2 rings (SSSR count). The molecule has 29 heavy (non-hydrogen) atoms. The summed E-state index contributed by atoms with van der Waals surface area (Å²) < 4.78 is 30.8. The Bertz CT molecular complexity index is 894. The van der Waals surface area contributed by atoms with E-state index < -0.39 is 10.0 Å². The van der Waals surface area contributed by atoms with E-state index in [1.807, 2.05) is 44.2 Å². The standard InChI is InChI=1S/C22H30N2O4S/c1-22(2,17-18-9-6-5-7-10-18)23-21(25)11-8-16-24(29(4,26)27)19-12-14-20(28-3)15-13-19/h5-7,9-10,12-15H,8,11,16-17H2,1-4H3,(H,23,25). The average Bonchev–Trinajstić information content (AvgIpc) is 2.64. The van der Waals surface area contributed by atoms with Gasteiger partial charge >= 0.3 is 0 Å². The van der Waals surface area contributed by atoms with E-state index in [0.29, 0.717) is 17.9 Å². The predicted molar refractivity (Wildman–Crippen MR) is 117 cm³/mol. The van der Waals surface area contributed by atoms with Crippen LogP contribution in [0.4, 0.5) is 5.69 Å². The molecule has 2 aromatic rings. The summed E-state index contributed by atoms with van der Waals surface area (Å²) in [5, 5.41) is 3.05. The van der Waals surface area contributed by atoms with E-state index in [9.17, 15) is 13.2 Å². The fourth-order valence-electron chi connectivity index (χ4n) is 3.21. The van der Waals surface area contributed by atoms with Crippen molar-refractivity contribution in [2.75, 3.05) is 24.2 Å². The van der Waals surface area contributed by atoms with Crippen LogP contribution in [0, 0.1) is 0 Å². The number of hydrogen-bond acceptors (Lipinski definition) is 4. The quantitative estimate of drug-likeness (QED) is 0.642. The van der Waals surface area contributed by atoms with Crippen molar-refractivity contribution in [2.24, 2.45) is 0 Å². The van der Waals surface area contributed by atoms with Crippen LogP contribution in [0.1, 0.15) is 32.3 Å². The first kappa shape index (κ1) is 22.7.